The third-order valence-electron chi connectivity index (χ3n) is 7.19. The number of hydrogen-bond acceptors (Lipinski definition) is 6. The Hall–Kier alpha value is -2.45. The van der Waals surface area contributed by atoms with Gasteiger partial charge in [-0.2, -0.15) is 4.90 Å². The van der Waals surface area contributed by atoms with Crippen molar-refractivity contribution in [3.05, 3.63) is 45.0 Å². The quantitative estimate of drug-likeness (QED) is 0.420. The molecule has 34 heavy (non-hydrogen) atoms. The first kappa shape index (κ1) is 24.7. The standard InChI is InChI=1S/C26H30BrNO6/c1-13(2)17-11-18-23(25(31)28(24(18)30)26(32)33-4)19-12-34-21(22(17)19)8-5-14(3)9-15-10-16(27)6-7-20(15)29/h6-7,9-10,13,18-19,21,23,29H,5,8,11-12H2,1-4H3/b14-9+/t18-,19+,21-,23-/m1/s1. The highest BCUT2D eigenvalue weighted by atomic mass is 79.9. The van der Waals surface area contributed by atoms with E-state index in [9.17, 15) is 19.5 Å². The number of rotatable bonds is 5. The van der Waals surface area contributed by atoms with Crippen LogP contribution in [0.15, 0.2) is 39.4 Å². The highest BCUT2D eigenvalue weighted by Gasteiger charge is 2.59. The fraction of sp³-hybridized carbons (Fsp3) is 0.500. The van der Waals surface area contributed by atoms with E-state index in [4.69, 9.17) is 9.47 Å². The molecule has 2 aliphatic heterocycles. The van der Waals surface area contributed by atoms with E-state index in [1.165, 1.54) is 7.11 Å². The van der Waals surface area contributed by atoms with Crippen LogP contribution >= 0.6 is 15.9 Å². The summed E-state index contributed by atoms with van der Waals surface area (Å²) in [6, 6.07) is 5.32. The Morgan fingerprint density at radius 3 is 2.71 bits per heavy atom. The SMILES string of the molecule is COC(=O)N1C(=O)[C@@H]2[C@@H](CC(C(C)C)=C3[C@@H](CC/C(C)=C/c4cc(Br)ccc4O)OC[C@@H]32)C1=O. The van der Waals surface area contributed by atoms with Crippen LogP contribution in [0.3, 0.4) is 0 Å². The molecule has 1 aromatic carbocycles. The van der Waals surface area contributed by atoms with E-state index >= 15 is 0 Å². The van der Waals surface area contributed by atoms with Crippen LogP contribution in [-0.4, -0.2) is 47.7 Å². The Morgan fingerprint density at radius 2 is 2.03 bits per heavy atom. The van der Waals surface area contributed by atoms with Crippen molar-refractivity contribution < 1.29 is 29.0 Å². The molecule has 0 bridgehead atoms. The average Bonchev–Trinajstić information content (AvgIpc) is 3.32. The van der Waals surface area contributed by atoms with Crippen LogP contribution < -0.4 is 0 Å². The van der Waals surface area contributed by atoms with Gasteiger partial charge in [0.25, 0.3) is 0 Å². The Balaban J connectivity index is 1.57. The van der Waals surface area contributed by atoms with E-state index < -0.39 is 29.7 Å². The Bertz CT molecular complexity index is 1090. The summed E-state index contributed by atoms with van der Waals surface area (Å²) < 4.78 is 11.8. The minimum atomic E-state index is -0.913. The van der Waals surface area contributed by atoms with E-state index in [0.717, 1.165) is 39.6 Å². The molecule has 0 unspecified atom stereocenters. The van der Waals surface area contributed by atoms with Crippen molar-refractivity contribution in [2.24, 2.45) is 23.7 Å². The number of aromatic hydroxyl groups is 1. The second-order valence-electron chi connectivity index (χ2n) is 9.61. The molecule has 4 rings (SSSR count). The number of nitrogens with zero attached hydrogens (tertiary/aromatic N) is 1. The molecular weight excluding hydrogens is 502 g/mol. The van der Waals surface area contributed by atoms with Crippen molar-refractivity contribution in [2.45, 2.75) is 46.1 Å². The van der Waals surface area contributed by atoms with Crippen molar-refractivity contribution in [1.29, 1.82) is 0 Å². The lowest BCUT2D eigenvalue weighted by Crippen LogP contribution is -2.38. The largest absolute Gasteiger partial charge is 0.507 e. The molecule has 182 valence electrons. The second kappa shape index (κ2) is 9.66. The number of benzene rings is 1. The molecule has 0 spiro atoms. The van der Waals surface area contributed by atoms with Crippen LogP contribution in [0.5, 0.6) is 5.75 Å². The highest BCUT2D eigenvalue weighted by Crippen LogP contribution is 2.51. The lowest BCUT2D eigenvalue weighted by atomic mass is 9.67. The number of ether oxygens (including phenoxy) is 2. The first-order valence-corrected chi connectivity index (χ1v) is 12.4. The summed E-state index contributed by atoms with van der Waals surface area (Å²) in [5.41, 5.74) is 4.14. The fourth-order valence-corrected chi connectivity index (χ4v) is 5.95. The summed E-state index contributed by atoms with van der Waals surface area (Å²) in [5, 5.41) is 10.1. The number of imide groups is 3. The maximum absolute atomic E-state index is 13.1. The molecular formula is C26H30BrNO6. The predicted octanol–water partition coefficient (Wildman–Crippen LogP) is 5.08. The Kier molecular flexibility index (Phi) is 7.01. The summed E-state index contributed by atoms with van der Waals surface area (Å²) in [4.78, 5) is 38.8. The van der Waals surface area contributed by atoms with Gasteiger partial charge >= 0.3 is 6.09 Å². The molecule has 2 fully saturated rings. The summed E-state index contributed by atoms with van der Waals surface area (Å²) in [6.45, 7) is 6.57. The van der Waals surface area contributed by atoms with Gasteiger partial charge in [0, 0.05) is 16.0 Å². The molecule has 0 aromatic heterocycles. The maximum Gasteiger partial charge on any atom is 0.423 e. The monoisotopic (exact) mass is 531 g/mol. The Labute approximate surface area is 207 Å². The van der Waals surface area contributed by atoms with E-state index in [1.807, 2.05) is 19.1 Å². The van der Waals surface area contributed by atoms with Crippen molar-refractivity contribution >= 4 is 39.9 Å². The number of likely N-dealkylation sites (tertiary alicyclic amines) is 1. The van der Waals surface area contributed by atoms with Gasteiger partial charge in [0.05, 0.1) is 31.7 Å². The van der Waals surface area contributed by atoms with Gasteiger partial charge in [-0.25, -0.2) is 4.79 Å². The summed E-state index contributed by atoms with van der Waals surface area (Å²) in [6.07, 6.45) is 2.87. The third-order valence-corrected chi connectivity index (χ3v) is 7.68. The zero-order valence-corrected chi connectivity index (χ0v) is 21.4. The number of halogens is 1. The maximum atomic E-state index is 13.1. The van der Waals surface area contributed by atoms with E-state index in [1.54, 1.807) is 12.1 Å². The first-order valence-electron chi connectivity index (χ1n) is 11.6. The molecule has 0 saturated carbocycles. The zero-order chi connectivity index (χ0) is 24.7. The van der Waals surface area contributed by atoms with Crippen molar-refractivity contribution in [1.82, 2.24) is 4.90 Å². The molecule has 1 N–H and O–H groups in total. The number of methoxy groups -OCH3 is 1. The normalized spacial score (nSPS) is 26.9. The number of amides is 3. The smallest absolute Gasteiger partial charge is 0.423 e. The van der Waals surface area contributed by atoms with Crippen molar-refractivity contribution in [2.75, 3.05) is 13.7 Å². The number of carbonyl (C=O) groups is 3. The molecule has 4 atom stereocenters. The van der Waals surface area contributed by atoms with Gasteiger partial charge in [0.1, 0.15) is 5.75 Å². The van der Waals surface area contributed by atoms with Crippen LogP contribution in [0.2, 0.25) is 0 Å². The van der Waals surface area contributed by atoms with Crippen molar-refractivity contribution in [3.63, 3.8) is 0 Å². The molecule has 0 radical (unpaired) electrons. The Morgan fingerprint density at radius 1 is 1.29 bits per heavy atom. The molecule has 7 nitrogen and oxygen atoms in total. The summed E-state index contributed by atoms with van der Waals surface area (Å²) >= 11 is 3.44. The average molecular weight is 532 g/mol. The number of phenols is 1. The number of carbonyl (C=O) groups excluding carboxylic acids is 3. The third kappa shape index (κ3) is 4.33. The predicted molar refractivity (Wildman–Crippen MR) is 130 cm³/mol. The van der Waals surface area contributed by atoms with Crippen LogP contribution in [0.1, 0.15) is 45.6 Å². The van der Waals surface area contributed by atoms with Gasteiger partial charge in [-0.3, -0.25) is 9.59 Å². The van der Waals surface area contributed by atoms with E-state index in [2.05, 4.69) is 29.8 Å². The topological polar surface area (TPSA) is 93.1 Å². The van der Waals surface area contributed by atoms with Gasteiger partial charge in [0.15, 0.2) is 0 Å². The first-order chi connectivity index (χ1) is 16.1. The van der Waals surface area contributed by atoms with Gasteiger partial charge in [0.2, 0.25) is 11.8 Å². The molecule has 2 saturated heterocycles. The lowest BCUT2D eigenvalue weighted by molar-refractivity contribution is -0.137. The summed E-state index contributed by atoms with van der Waals surface area (Å²) in [5.74, 6) is -1.83. The molecule has 1 aliphatic carbocycles. The van der Waals surface area contributed by atoms with Crippen LogP contribution in [0, 0.1) is 23.7 Å². The minimum absolute atomic E-state index is 0.141. The molecule has 1 aromatic rings. The van der Waals surface area contributed by atoms with Crippen LogP contribution in [-0.2, 0) is 19.1 Å². The van der Waals surface area contributed by atoms with Crippen LogP contribution in [0.4, 0.5) is 4.79 Å². The van der Waals surface area contributed by atoms with Crippen molar-refractivity contribution in [3.8, 4) is 5.75 Å². The number of fused-ring (bicyclic) bond motifs is 3. The molecule has 3 amide bonds. The highest BCUT2D eigenvalue weighted by molar-refractivity contribution is 9.10. The number of hydrogen-bond donors (Lipinski definition) is 1. The lowest BCUT2D eigenvalue weighted by Gasteiger charge is -2.33. The van der Waals surface area contributed by atoms with Gasteiger partial charge in [-0.1, -0.05) is 47.0 Å². The zero-order valence-electron chi connectivity index (χ0n) is 19.8. The van der Waals surface area contributed by atoms with Gasteiger partial charge in [-0.05, 0) is 55.9 Å². The second-order valence-corrected chi connectivity index (χ2v) is 10.5. The molecule has 2 heterocycles. The summed E-state index contributed by atoms with van der Waals surface area (Å²) in [7, 11) is 1.17. The minimum Gasteiger partial charge on any atom is -0.507 e. The van der Waals surface area contributed by atoms with Crippen LogP contribution in [0.25, 0.3) is 6.08 Å². The molecule has 3 aliphatic rings. The number of allylic oxidation sites excluding steroid dienone is 2. The fourth-order valence-electron chi connectivity index (χ4n) is 5.57. The van der Waals surface area contributed by atoms with Gasteiger partial charge < -0.3 is 14.6 Å². The number of phenolic OH excluding ortho intramolecular Hbond substituents is 1. The molecule has 8 heteroatoms. The van der Waals surface area contributed by atoms with E-state index in [0.29, 0.717) is 17.9 Å². The van der Waals surface area contributed by atoms with E-state index in [-0.39, 0.29) is 23.7 Å². The van der Waals surface area contributed by atoms with Gasteiger partial charge in [-0.15, -0.1) is 0 Å².